The van der Waals surface area contributed by atoms with Crippen molar-refractivity contribution in [2.45, 2.75) is 25.7 Å². The largest absolute Gasteiger partial charge is 0.395 e. The van der Waals surface area contributed by atoms with E-state index in [-0.39, 0.29) is 6.61 Å². The van der Waals surface area contributed by atoms with Crippen molar-refractivity contribution in [3.8, 4) is 0 Å². The molecular weight excluding hydrogens is 300 g/mol. The molecule has 0 aliphatic carbocycles. The zero-order chi connectivity index (χ0) is 15.4. The van der Waals surface area contributed by atoms with Gasteiger partial charge in [0, 0.05) is 25.1 Å². The number of hydrogen-bond donors (Lipinski definition) is 2. The van der Waals surface area contributed by atoms with Crippen LogP contribution < -0.4 is 5.32 Å². The van der Waals surface area contributed by atoms with Crippen LogP contribution in [-0.4, -0.2) is 56.4 Å². The number of aliphatic hydroxyl groups is 1. The summed E-state index contributed by atoms with van der Waals surface area (Å²) in [6.07, 6.45) is 2.25. The first-order valence-electron chi connectivity index (χ1n) is 7.46. The molecule has 118 valence electrons. The topological polar surface area (TPSA) is 87.1 Å². The van der Waals surface area contributed by atoms with Crippen molar-refractivity contribution in [2.24, 2.45) is 0 Å². The standard InChI is InChI=1S/C14H20N6OS/c1-10-16-12(11-3-2-4-20(8-11)5-6-21)7-13(17-10)18-14-19-15-9-22-14/h7,9,11,21H,2-6,8H2,1H3,(H,16,17,18,19). The molecule has 2 aromatic rings. The normalized spacial score (nSPS) is 19.3. The zero-order valence-electron chi connectivity index (χ0n) is 12.6. The number of aryl methyl sites for hydroxylation is 1. The van der Waals surface area contributed by atoms with Crippen LogP contribution in [0.25, 0.3) is 0 Å². The van der Waals surface area contributed by atoms with Crippen LogP contribution >= 0.6 is 11.3 Å². The first-order valence-corrected chi connectivity index (χ1v) is 8.34. The quantitative estimate of drug-likeness (QED) is 0.864. The summed E-state index contributed by atoms with van der Waals surface area (Å²) in [6.45, 7) is 4.84. The molecule has 22 heavy (non-hydrogen) atoms. The molecule has 1 aliphatic rings. The number of likely N-dealkylation sites (tertiary alicyclic amines) is 1. The smallest absolute Gasteiger partial charge is 0.210 e. The molecule has 1 unspecified atom stereocenters. The third-order valence-electron chi connectivity index (χ3n) is 3.79. The van der Waals surface area contributed by atoms with Gasteiger partial charge in [0.2, 0.25) is 5.13 Å². The maximum absolute atomic E-state index is 9.12. The van der Waals surface area contributed by atoms with E-state index >= 15 is 0 Å². The summed E-state index contributed by atoms with van der Waals surface area (Å²) in [5.74, 6) is 1.90. The van der Waals surface area contributed by atoms with Crippen LogP contribution in [0, 0.1) is 6.92 Å². The maximum atomic E-state index is 9.12. The number of nitrogens with one attached hydrogen (secondary N) is 1. The van der Waals surface area contributed by atoms with Gasteiger partial charge in [-0.25, -0.2) is 9.97 Å². The van der Waals surface area contributed by atoms with Crippen LogP contribution in [0.1, 0.15) is 30.3 Å². The summed E-state index contributed by atoms with van der Waals surface area (Å²) >= 11 is 1.44. The van der Waals surface area contributed by atoms with Gasteiger partial charge in [-0.15, -0.1) is 10.2 Å². The third-order valence-corrected chi connectivity index (χ3v) is 4.40. The van der Waals surface area contributed by atoms with E-state index in [0.717, 1.165) is 54.9 Å². The van der Waals surface area contributed by atoms with E-state index in [1.807, 2.05) is 13.0 Å². The molecule has 1 fully saturated rings. The van der Waals surface area contributed by atoms with Crippen molar-refractivity contribution in [1.82, 2.24) is 25.1 Å². The van der Waals surface area contributed by atoms with E-state index in [2.05, 4.69) is 30.4 Å². The lowest BCUT2D eigenvalue weighted by molar-refractivity contribution is 0.160. The van der Waals surface area contributed by atoms with Gasteiger partial charge in [-0.3, -0.25) is 0 Å². The first kappa shape index (κ1) is 15.3. The molecule has 0 amide bonds. The Kier molecular flexibility index (Phi) is 4.91. The monoisotopic (exact) mass is 320 g/mol. The highest BCUT2D eigenvalue weighted by Gasteiger charge is 2.22. The molecule has 3 rings (SSSR count). The van der Waals surface area contributed by atoms with Crippen LogP contribution in [0.4, 0.5) is 10.9 Å². The Balaban J connectivity index is 1.76. The van der Waals surface area contributed by atoms with Crippen LogP contribution in [0.3, 0.4) is 0 Å². The van der Waals surface area contributed by atoms with E-state index in [4.69, 9.17) is 5.11 Å². The van der Waals surface area contributed by atoms with Crippen molar-refractivity contribution >= 4 is 22.3 Å². The number of anilines is 2. The number of nitrogens with zero attached hydrogens (tertiary/aromatic N) is 5. The predicted molar refractivity (Wildman–Crippen MR) is 85.5 cm³/mol. The molecule has 8 heteroatoms. The SMILES string of the molecule is Cc1nc(Nc2nncs2)cc(C2CCCN(CCO)C2)n1. The Morgan fingerprint density at radius 2 is 2.36 bits per heavy atom. The molecule has 0 radical (unpaired) electrons. The van der Waals surface area contributed by atoms with E-state index in [1.165, 1.54) is 11.3 Å². The number of hydrogen-bond acceptors (Lipinski definition) is 8. The lowest BCUT2D eigenvalue weighted by Gasteiger charge is -2.32. The number of aliphatic hydroxyl groups excluding tert-OH is 1. The van der Waals surface area contributed by atoms with Crippen molar-refractivity contribution < 1.29 is 5.11 Å². The average molecular weight is 320 g/mol. The van der Waals surface area contributed by atoms with Gasteiger partial charge in [0.15, 0.2) is 0 Å². The summed E-state index contributed by atoms with van der Waals surface area (Å²) in [5, 5.41) is 20.8. The molecule has 0 bridgehead atoms. The molecule has 0 saturated carbocycles. The van der Waals surface area contributed by atoms with Gasteiger partial charge in [-0.1, -0.05) is 11.3 Å². The second kappa shape index (κ2) is 7.08. The van der Waals surface area contributed by atoms with Gasteiger partial charge in [0.05, 0.1) is 12.3 Å². The minimum atomic E-state index is 0.208. The number of piperidine rings is 1. The predicted octanol–water partition coefficient (Wildman–Crippen LogP) is 1.55. The molecule has 0 aromatic carbocycles. The molecule has 2 aromatic heterocycles. The van der Waals surface area contributed by atoms with Gasteiger partial charge in [-0.2, -0.15) is 0 Å². The highest BCUT2D eigenvalue weighted by Crippen LogP contribution is 2.27. The second-order valence-corrected chi connectivity index (χ2v) is 6.29. The number of rotatable bonds is 5. The molecule has 1 saturated heterocycles. The average Bonchev–Trinajstić information content (AvgIpc) is 3.00. The Bertz CT molecular complexity index is 603. The fourth-order valence-electron chi connectivity index (χ4n) is 2.84. The number of aromatic nitrogens is 4. The minimum absolute atomic E-state index is 0.208. The van der Waals surface area contributed by atoms with Gasteiger partial charge in [0.25, 0.3) is 0 Å². The fraction of sp³-hybridized carbons (Fsp3) is 0.571. The number of β-amino-alcohol motifs (C(OH)–C–C–N with tert-alkyl or cyclic N) is 1. The molecule has 0 spiro atoms. The van der Waals surface area contributed by atoms with Gasteiger partial charge in [-0.05, 0) is 26.3 Å². The molecule has 1 atom stereocenters. The Morgan fingerprint density at radius 3 is 3.14 bits per heavy atom. The van der Waals surface area contributed by atoms with E-state index in [1.54, 1.807) is 5.51 Å². The van der Waals surface area contributed by atoms with Crippen LogP contribution in [0.15, 0.2) is 11.6 Å². The van der Waals surface area contributed by atoms with Crippen molar-refractivity contribution in [3.05, 3.63) is 23.1 Å². The van der Waals surface area contributed by atoms with Gasteiger partial charge >= 0.3 is 0 Å². The zero-order valence-corrected chi connectivity index (χ0v) is 13.4. The highest BCUT2D eigenvalue weighted by molar-refractivity contribution is 7.13. The summed E-state index contributed by atoms with van der Waals surface area (Å²) in [4.78, 5) is 11.3. The Morgan fingerprint density at radius 1 is 1.45 bits per heavy atom. The van der Waals surface area contributed by atoms with Crippen molar-refractivity contribution in [3.63, 3.8) is 0 Å². The summed E-state index contributed by atoms with van der Waals surface area (Å²) in [7, 11) is 0. The fourth-order valence-corrected chi connectivity index (χ4v) is 3.29. The molecule has 1 aliphatic heterocycles. The van der Waals surface area contributed by atoms with Gasteiger partial charge in [0.1, 0.15) is 17.2 Å². The lowest BCUT2D eigenvalue weighted by atomic mass is 9.94. The van der Waals surface area contributed by atoms with E-state index < -0.39 is 0 Å². The van der Waals surface area contributed by atoms with Gasteiger partial charge < -0.3 is 15.3 Å². The molecular formula is C14H20N6OS. The third kappa shape index (κ3) is 3.76. The molecule has 3 heterocycles. The maximum Gasteiger partial charge on any atom is 0.210 e. The van der Waals surface area contributed by atoms with Crippen molar-refractivity contribution in [2.75, 3.05) is 31.6 Å². The van der Waals surface area contributed by atoms with Crippen LogP contribution in [0.5, 0.6) is 0 Å². The summed E-state index contributed by atoms with van der Waals surface area (Å²) in [6, 6.07) is 2.00. The highest BCUT2D eigenvalue weighted by atomic mass is 32.1. The van der Waals surface area contributed by atoms with E-state index in [0.29, 0.717) is 5.92 Å². The van der Waals surface area contributed by atoms with Crippen LogP contribution in [0.2, 0.25) is 0 Å². The molecule has 2 N–H and O–H groups in total. The Hall–Kier alpha value is -1.64. The Labute approximate surface area is 133 Å². The summed E-state index contributed by atoms with van der Waals surface area (Å²) < 4.78 is 0. The molecule has 7 nitrogen and oxygen atoms in total. The lowest BCUT2D eigenvalue weighted by Crippen LogP contribution is -2.36. The van der Waals surface area contributed by atoms with Crippen molar-refractivity contribution in [1.29, 1.82) is 0 Å². The van der Waals surface area contributed by atoms with Crippen LogP contribution in [-0.2, 0) is 0 Å². The van der Waals surface area contributed by atoms with E-state index in [9.17, 15) is 0 Å². The first-order chi connectivity index (χ1) is 10.7. The second-order valence-electron chi connectivity index (χ2n) is 5.46. The minimum Gasteiger partial charge on any atom is -0.395 e. The summed E-state index contributed by atoms with van der Waals surface area (Å²) in [5.41, 5.74) is 2.74.